The molecule has 0 heterocycles. The predicted molar refractivity (Wildman–Crippen MR) is 56.4 cm³/mol. The molecule has 72 valence electrons. The summed E-state index contributed by atoms with van der Waals surface area (Å²) in [6.45, 7) is 12.9. The Labute approximate surface area is 80.0 Å². The van der Waals surface area contributed by atoms with Gasteiger partial charge in [0.25, 0.3) is 5.91 Å². The second kappa shape index (κ2) is 4.65. The fourth-order valence-electron chi connectivity index (χ4n) is 0.776. The van der Waals surface area contributed by atoms with E-state index in [9.17, 15) is 4.79 Å². The molecule has 2 nitrogen and oxygen atoms in total. The van der Waals surface area contributed by atoms with E-state index in [0.29, 0.717) is 5.57 Å². The molecule has 13 heavy (non-hydrogen) atoms. The molecule has 0 spiro atoms. The first-order valence-corrected chi connectivity index (χ1v) is 4.18. The summed E-state index contributed by atoms with van der Waals surface area (Å²) in [4.78, 5) is 11.5. The second-order valence-electron chi connectivity index (χ2n) is 3.77. The Bertz CT molecular complexity index is 243. The molecule has 0 radical (unpaired) electrons. The minimum atomic E-state index is -0.222. The average molecular weight is 179 g/mol. The summed E-state index contributed by atoms with van der Waals surface area (Å²) in [6.07, 6.45) is 4.72. The summed E-state index contributed by atoms with van der Waals surface area (Å²) in [5, 5.41) is 2.83. The van der Waals surface area contributed by atoms with Crippen molar-refractivity contribution in [3.63, 3.8) is 0 Å². The van der Waals surface area contributed by atoms with Crippen LogP contribution in [-0.4, -0.2) is 11.4 Å². The van der Waals surface area contributed by atoms with Crippen molar-refractivity contribution in [2.75, 3.05) is 0 Å². The lowest BCUT2D eigenvalue weighted by Gasteiger charge is -2.20. The van der Waals surface area contributed by atoms with Crippen molar-refractivity contribution in [2.45, 2.75) is 26.3 Å². The van der Waals surface area contributed by atoms with Gasteiger partial charge in [-0.25, -0.2) is 0 Å². The lowest BCUT2D eigenvalue weighted by atomic mass is 10.1. The molecule has 0 atom stereocenters. The van der Waals surface area contributed by atoms with Gasteiger partial charge in [0.15, 0.2) is 0 Å². The van der Waals surface area contributed by atoms with E-state index in [1.807, 2.05) is 20.8 Å². The summed E-state index contributed by atoms with van der Waals surface area (Å²) < 4.78 is 0. The van der Waals surface area contributed by atoms with Gasteiger partial charge in [0.05, 0.1) is 0 Å². The van der Waals surface area contributed by atoms with Crippen LogP contribution in [0.2, 0.25) is 0 Å². The highest BCUT2D eigenvalue weighted by atomic mass is 16.1. The maximum atomic E-state index is 11.5. The highest BCUT2D eigenvalue weighted by molar-refractivity contribution is 5.96. The van der Waals surface area contributed by atoms with Gasteiger partial charge in [0, 0.05) is 11.1 Å². The van der Waals surface area contributed by atoms with Gasteiger partial charge in [-0.1, -0.05) is 31.4 Å². The molecule has 0 aromatic heterocycles. The van der Waals surface area contributed by atoms with Crippen molar-refractivity contribution < 1.29 is 4.79 Å². The van der Waals surface area contributed by atoms with Gasteiger partial charge in [0.1, 0.15) is 0 Å². The Morgan fingerprint density at radius 1 is 1.31 bits per heavy atom. The molecule has 0 aromatic rings. The minimum Gasteiger partial charge on any atom is -0.347 e. The molecule has 0 aliphatic rings. The molecule has 0 saturated carbocycles. The van der Waals surface area contributed by atoms with Crippen LogP contribution in [0.4, 0.5) is 0 Å². The number of nitrogens with one attached hydrogen (secondary N) is 1. The van der Waals surface area contributed by atoms with Crippen LogP contribution < -0.4 is 5.32 Å². The molecule has 0 rings (SSSR count). The maximum Gasteiger partial charge on any atom is 0.251 e. The van der Waals surface area contributed by atoms with Gasteiger partial charge in [-0.2, -0.15) is 0 Å². The Morgan fingerprint density at radius 3 is 2.15 bits per heavy atom. The molecule has 0 unspecified atom stereocenters. The molecule has 1 amide bonds. The molecule has 0 aliphatic heterocycles. The summed E-state index contributed by atoms with van der Waals surface area (Å²) in [7, 11) is 0. The molecule has 1 N–H and O–H groups in total. The van der Waals surface area contributed by atoms with Gasteiger partial charge >= 0.3 is 0 Å². The molecular formula is C11H17NO. The Morgan fingerprint density at radius 2 is 1.85 bits per heavy atom. The van der Waals surface area contributed by atoms with Crippen LogP contribution in [0.3, 0.4) is 0 Å². The summed E-state index contributed by atoms with van der Waals surface area (Å²) in [5.74, 6) is -0.123. The first-order chi connectivity index (χ1) is 5.90. The van der Waals surface area contributed by atoms with Gasteiger partial charge in [-0.15, -0.1) is 0 Å². The standard InChI is InChI=1S/C11H17NO/c1-6-8-9(7-2)10(13)12-11(3,4)5/h6-8H,1-2H2,3-5H3,(H,12,13)/b9-8+. The predicted octanol–water partition coefficient (Wildman–Crippen LogP) is 2.20. The number of rotatable bonds is 3. The number of amides is 1. The molecule has 0 fully saturated rings. The zero-order chi connectivity index (χ0) is 10.5. The van der Waals surface area contributed by atoms with Crippen LogP contribution >= 0.6 is 0 Å². The van der Waals surface area contributed by atoms with Crippen molar-refractivity contribution in [3.8, 4) is 0 Å². The normalized spacial score (nSPS) is 12.1. The zero-order valence-electron chi connectivity index (χ0n) is 8.55. The first-order valence-electron chi connectivity index (χ1n) is 4.18. The Hall–Kier alpha value is -1.31. The van der Waals surface area contributed by atoms with Crippen LogP contribution in [0.25, 0.3) is 0 Å². The van der Waals surface area contributed by atoms with E-state index < -0.39 is 0 Å². The molecule has 0 aliphatic carbocycles. The van der Waals surface area contributed by atoms with Gasteiger partial charge in [-0.3, -0.25) is 4.79 Å². The first kappa shape index (κ1) is 11.7. The van der Waals surface area contributed by atoms with Gasteiger partial charge in [-0.05, 0) is 20.8 Å². The number of carbonyl (C=O) groups is 1. The number of allylic oxidation sites excluding steroid dienone is 2. The molecule has 0 saturated heterocycles. The van der Waals surface area contributed by atoms with Crippen molar-refractivity contribution in [3.05, 3.63) is 37.0 Å². The fraction of sp³-hybridized carbons (Fsp3) is 0.364. The number of hydrogen-bond donors (Lipinski definition) is 1. The molecule has 2 heteroatoms. The summed E-state index contributed by atoms with van der Waals surface area (Å²) in [5.41, 5.74) is 0.310. The third kappa shape index (κ3) is 5.01. The van der Waals surface area contributed by atoms with Crippen molar-refractivity contribution in [2.24, 2.45) is 0 Å². The second-order valence-corrected chi connectivity index (χ2v) is 3.77. The lowest BCUT2D eigenvalue weighted by Crippen LogP contribution is -2.41. The van der Waals surface area contributed by atoms with Crippen LogP contribution in [0.5, 0.6) is 0 Å². The highest BCUT2D eigenvalue weighted by Crippen LogP contribution is 2.03. The van der Waals surface area contributed by atoms with Crippen molar-refractivity contribution >= 4 is 5.91 Å². The van der Waals surface area contributed by atoms with Crippen LogP contribution in [0, 0.1) is 0 Å². The van der Waals surface area contributed by atoms with E-state index in [-0.39, 0.29) is 11.4 Å². The molecule has 0 bridgehead atoms. The molecule has 0 aromatic carbocycles. The fourth-order valence-corrected chi connectivity index (χ4v) is 0.776. The minimum absolute atomic E-state index is 0.123. The topological polar surface area (TPSA) is 29.1 Å². The summed E-state index contributed by atoms with van der Waals surface area (Å²) >= 11 is 0. The Balaban J connectivity index is 4.50. The van der Waals surface area contributed by atoms with E-state index in [2.05, 4.69) is 18.5 Å². The SMILES string of the molecule is C=C/C=C(\C=C)C(=O)NC(C)(C)C. The highest BCUT2D eigenvalue weighted by Gasteiger charge is 2.14. The average Bonchev–Trinajstić information content (AvgIpc) is 1.96. The van der Waals surface area contributed by atoms with Crippen molar-refractivity contribution in [1.82, 2.24) is 5.32 Å². The van der Waals surface area contributed by atoms with Gasteiger partial charge in [0.2, 0.25) is 0 Å². The zero-order valence-corrected chi connectivity index (χ0v) is 8.55. The van der Waals surface area contributed by atoms with E-state index in [1.54, 1.807) is 12.2 Å². The van der Waals surface area contributed by atoms with E-state index in [4.69, 9.17) is 0 Å². The van der Waals surface area contributed by atoms with Crippen LogP contribution in [-0.2, 0) is 4.79 Å². The third-order valence-electron chi connectivity index (χ3n) is 1.27. The lowest BCUT2D eigenvalue weighted by molar-refractivity contribution is -0.118. The van der Waals surface area contributed by atoms with E-state index >= 15 is 0 Å². The monoisotopic (exact) mass is 179 g/mol. The van der Waals surface area contributed by atoms with Gasteiger partial charge < -0.3 is 5.32 Å². The smallest absolute Gasteiger partial charge is 0.251 e. The maximum absolute atomic E-state index is 11.5. The molecular weight excluding hydrogens is 162 g/mol. The van der Waals surface area contributed by atoms with Crippen LogP contribution in [0.15, 0.2) is 37.0 Å². The number of carbonyl (C=O) groups excluding carboxylic acids is 1. The Kier molecular flexibility index (Phi) is 4.18. The van der Waals surface area contributed by atoms with Crippen LogP contribution in [0.1, 0.15) is 20.8 Å². The van der Waals surface area contributed by atoms with E-state index in [1.165, 1.54) is 6.08 Å². The largest absolute Gasteiger partial charge is 0.347 e. The number of hydrogen-bond acceptors (Lipinski definition) is 1. The quantitative estimate of drug-likeness (QED) is 0.522. The third-order valence-corrected chi connectivity index (χ3v) is 1.27. The summed E-state index contributed by atoms with van der Waals surface area (Å²) in [6, 6.07) is 0. The van der Waals surface area contributed by atoms with Crippen molar-refractivity contribution in [1.29, 1.82) is 0 Å². The van der Waals surface area contributed by atoms with E-state index in [0.717, 1.165) is 0 Å².